The lowest BCUT2D eigenvalue weighted by atomic mass is 10.2. The number of halogens is 1. The molecular weight excluding hydrogens is 392 g/mol. The molecule has 0 aliphatic heterocycles. The summed E-state index contributed by atoms with van der Waals surface area (Å²) < 4.78 is 7.35. The molecule has 9 heteroatoms. The fourth-order valence-corrected chi connectivity index (χ4v) is 2.78. The highest BCUT2D eigenvalue weighted by Crippen LogP contribution is 2.24. The van der Waals surface area contributed by atoms with Crippen molar-refractivity contribution in [2.24, 2.45) is 0 Å². The van der Waals surface area contributed by atoms with Crippen LogP contribution in [0, 0.1) is 21.4 Å². The first-order chi connectivity index (χ1) is 11.8. The van der Waals surface area contributed by atoms with Gasteiger partial charge in [0.25, 0.3) is 11.2 Å². The number of nitriles is 1. The molecule has 2 rings (SSSR count). The summed E-state index contributed by atoms with van der Waals surface area (Å²) >= 11 is 3.40. The molecule has 0 aliphatic rings. The second-order valence-electron chi connectivity index (χ2n) is 5.37. The van der Waals surface area contributed by atoms with Gasteiger partial charge in [-0.25, -0.2) is 0 Å². The van der Waals surface area contributed by atoms with E-state index in [0.29, 0.717) is 12.3 Å². The Morgan fingerprint density at radius 2 is 2.16 bits per heavy atom. The van der Waals surface area contributed by atoms with E-state index in [-0.39, 0.29) is 17.9 Å². The molecule has 0 N–H and O–H groups in total. The van der Waals surface area contributed by atoms with Gasteiger partial charge in [-0.2, -0.15) is 5.26 Å². The van der Waals surface area contributed by atoms with E-state index in [2.05, 4.69) is 15.9 Å². The third kappa shape index (κ3) is 4.43. The topological polar surface area (TPSA) is 101 Å². The number of aromatic nitrogens is 1. The minimum atomic E-state index is -0.631. The highest BCUT2D eigenvalue weighted by Gasteiger charge is 2.15. The first-order valence-corrected chi connectivity index (χ1v) is 7.95. The smallest absolute Gasteiger partial charge is 0.287 e. The van der Waals surface area contributed by atoms with Gasteiger partial charge in [-0.15, -0.1) is 0 Å². The fraction of sp³-hybridized carbons (Fsp3) is 0.250. The van der Waals surface area contributed by atoms with E-state index >= 15 is 0 Å². The molecule has 25 heavy (non-hydrogen) atoms. The fourth-order valence-electron chi connectivity index (χ4n) is 2.38. The number of nitro groups is 1. The van der Waals surface area contributed by atoms with Crippen molar-refractivity contribution in [2.45, 2.75) is 13.2 Å². The van der Waals surface area contributed by atoms with E-state index in [1.807, 2.05) is 18.2 Å². The average molecular weight is 407 g/mol. The summed E-state index contributed by atoms with van der Waals surface area (Å²) in [5.41, 5.74) is -0.244. The molecule has 0 unspecified atom stereocenters. The Labute approximate surface area is 152 Å². The van der Waals surface area contributed by atoms with Gasteiger partial charge in [-0.05, 0) is 25.2 Å². The van der Waals surface area contributed by atoms with Crippen LogP contribution in [0.15, 0.2) is 39.7 Å². The van der Waals surface area contributed by atoms with Crippen LogP contribution in [-0.2, 0) is 13.2 Å². The Balaban J connectivity index is 2.29. The van der Waals surface area contributed by atoms with Gasteiger partial charge in [0, 0.05) is 22.6 Å². The second-order valence-corrected chi connectivity index (χ2v) is 6.28. The molecule has 0 bridgehead atoms. The van der Waals surface area contributed by atoms with E-state index in [1.54, 1.807) is 25.1 Å². The van der Waals surface area contributed by atoms with Crippen molar-refractivity contribution in [3.63, 3.8) is 0 Å². The van der Waals surface area contributed by atoms with Crippen molar-refractivity contribution < 1.29 is 9.66 Å². The lowest BCUT2D eigenvalue weighted by Gasteiger charge is -2.19. The normalized spacial score (nSPS) is 10.5. The van der Waals surface area contributed by atoms with E-state index < -0.39 is 10.5 Å². The highest BCUT2D eigenvalue weighted by molar-refractivity contribution is 9.10. The van der Waals surface area contributed by atoms with Crippen LogP contribution in [0.2, 0.25) is 0 Å². The van der Waals surface area contributed by atoms with Crippen molar-refractivity contribution in [3.05, 3.63) is 66.5 Å². The average Bonchev–Trinajstić information content (AvgIpc) is 2.56. The highest BCUT2D eigenvalue weighted by atomic mass is 79.9. The minimum absolute atomic E-state index is 0.0882. The predicted molar refractivity (Wildman–Crippen MR) is 94.2 cm³/mol. The summed E-state index contributed by atoms with van der Waals surface area (Å²) in [6.45, 7) is 0.532. The predicted octanol–water partition coefficient (Wildman–Crippen LogP) is 2.49. The SMILES string of the molecule is COc1ccc(Br)cc1CN(C)Cn1cc([N+](=O)[O-])cc(C#N)c1=O. The van der Waals surface area contributed by atoms with Crippen molar-refractivity contribution in [2.75, 3.05) is 14.2 Å². The summed E-state index contributed by atoms with van der Waals surface area (Å²) in [6.07, 6.45) is 1.14. The molecule has 0 amide bonds. The first kappa shape index (κ1) is 18.6. The second kappa shape index (κ2) is 7.92. The molecule has 1 aromatic heterocycles. The molecule has 0 saturated heterocycles. The molecule has 1 aromatic carbocycles. The number of hydrogen-bond donors (Lipinski definition) is 0. The van der Waals surface area contributed by atoms with Crippen molar-refractivity contribution >= 4 is 21.6 Å². The third-order valence-corrected chi connectivity index (χ3v) is 3.97. The summed E-state index contributed by atoms with van der Waals surface area (Å²) in [5.74, 6) is 0.694. The van der Waals surface area contributed by atoms with Gasteiger partial charge in [-0.3, -0.25) is 24.4 Å². The standard InChI is InChI=1S/C16H15BrN4O4/c1-19(8-12-5-13(17)3-4-15(12)25-2)10-20-9-14(21(23)24)6-11(7-18)16(20)22/h3-6,9H,8,10H2,1-2H3. The Hall–Kier alpha value is -2.70. The molecule has 0 atom stereocenters. The van der Waals surface area contributed by atoms with Crippen LogP contribution in [0.5, 0.6) is 5.75 Å². The quantitative estimate of drug-likeness (QED) is 0.539. The van der Waals surface area contributed by atoms with Gasteiger partial charge in [0.2, 0.25) is 0 Å². The number of benzene rings is 1. The van der Waals surface area contributed by atoms with Crippen LogP contribution in [-0.4, -0.2) is 28.5 Å². The summed E-state index contributed by atoms with van der Waals surface area (Å²) in [5, 5.41) is 20.0. The monoisotopic (exact) mass is 406 g/mol. The van der Waals surface area contributed by atoms with Gasteiger partial charge in [0.15, 0.2) is 0 Å². The summed E-state index contributed by atoms with van der Waals surface area (Å²) in [7, 11) is 3.33. The Kier molecular flexibility index (Phi) is 5.90. The summed E-state index contributed by atoms with van der Waals surface area (Å²) in [6, 6.07) is 8.25. The molecular formula is C16H15BrN4O4. The van der Waals surface area contributed by atoms with Crippen LogP contribution >= 0.6 is 15.9 Å². The van der Waals surface area contributed by atoms with Gasteiger partial charge < -0.3 is 4.74 Å². The maximum absolute atomic E-state index is 12.2. The van der Waals surface area contributed by atoms with Gasteiger partial charge in [0.05, 0.1) is 24.9 Å². The zero-order chi connectivity index (χ0) is 18.6. The van der Waals surface area contributed by atoms with E-state index in [0.717, 1.165) is 26.9 Å². The van der Waals surface area contributed by atoms with Crippen molar-refractivity contribution in [3.8, 4) is 11.8 Å². The Morgan fingerprint density at radius 1 is 1.44 bits per heavy atom. The molecule has 1 heterocycles. The van der Waals surface area contributed by atoms with Crippen LogP contribution in [0.1, 0.15) is 11.1 Å². The lowest BCUT2D eigenvalue weighted by Crippen LogP contribution is -2.30. The number of nitrogens with zero attached hydrogens (tertiary/aromatic N) is 4. The molecule has 0 spiro atoms. The van der Waals surface area contributed by atoms with E-state index in [9.17, 15) is 14.9 Å². The number of methoxy groups -OCH3 is 1. The summed E-state index contributed by atoms with van der Waals surface area (Å²) in [4.78, 5) is 24.3. The minimum Gasteiger partial charge on any atom is -0.496 e. The van der Waals surface area contributed by atoms with Crippen LogP contribution in [0.4, 0.5) is 5.69 Å². The maximum atomic E-state index is 12.2. The number of rotatable bonds is 6. The molecule has 0 fully saturated rings. The molecule has 0 aliphatic carbocycles. The molecule has 0 saturated carbocycles. The van der Waals surface area contributed by atoms with Crippen LogP contribution in [0.25, 0.3) is 0 Å². The molecule has 2 aromatic rings. The van der Waals surface area contributed by atoms with E-state index in [1.165, 1.54) is 0 Å². The van der Waals surface area contributed by atoms with Crippen LogP contribution in [0.3, 0.4) is 0 Å². The van der Waals surface area contributed by atoms with Gasteiger partial charge >= 0.3 is 0 Å². The van der Waals surface area contributed by atoms with E-state index in [4.69, 9.17) is 10.00 Å². The first-order valence-electron chi connectivity index (χ1n) is 7.15. The number of ether oxygens (including phenoxy) is 1. The Morgan fingerprint density at radius 3 is 2.76 bits per heavy atom. The molecule has 130 valence electrons. The largest absolute Gasteiger partial charge is 0.496 e. The van der Waals surface area contributed by atoms with Crippen LogP contribution < -0.4 is 10.3 Å². The van der Waals surface area contributed by atoms with Crippen molar-refractivity contribution in [1.82, 2.24) is 9.47 Å². The van der Waals surface area contributed by atoms with Gasteiger partial charge in [0.1, 0.15) is 17.4 Å². The lowest BCUT2D eigenvalue weighted by molar-refractivity contribution is -0.385. The number of pyridine rings is 1. The Bertz CT molecular complexity index is 904. The molecule has 0 radical (unpaired) electrons. The zero-order valence-corrected chi connectivity index (χ0v) is 15.2. The zero-order valence-electron chi connectivity index (χ0n) is 13.6. The van der Waals surface area contributed by atoms with Crippen molar-refractivity contribution in [1.29, 1.82) is 5.26 Å². The molecule has 8 nitrogen and oxygen atoms in total. The van der Waals surface area contributed by atoms with Gasteiger partial charge in [-0.1, -0.05) is 15.9 Å². The number of hydrogen-bond acceptors (Lipinski definition) is 6. The third-order valence-electron chi connectivity index (χ3n) is 3.48. The maximum Gasteiger partial charge on any atom is 0.287 e.